The first kappa shape index (κ1) is 15.6. The van der Waals surface area contributed by atoms with Crippen molar-refractivity contribution in [3.05, 3.63) is 64.3 Å². The molecule has 0 fully saturated rings. The molecule has 0 aliphatic heterocycles. The fourth-order valence-corrected chi connectivity index (χ4v) is 2.49. The summed E-state index contributed by atoms with van der Waals surface area (Å²) in [6, 6.07) is 15.0. The summed E-state index contributed by atoms with van der Waals surface area (Å²) in [6.07, 6.45) is 0.668. The summed E-state index contributed by atoms with van der Waals surface area (Å²) < 4.78 is 11.7. The fourth-order valence-electron chi connectivity index (χ4n) is 2.38. The molecule has 23 heavy (non-hydrogen) atoms. The van der Waals surface area contributed by atoms with E-state index in [0.717, 1.165) is 11.1 Å². The van der Waals surface area contributed by atoms with Gasteiger partial charge in [0.05, 0.1) is 12.0 Å². The van der Waals surface area contributed by atoms with Crippen molar-refractivity contribution in [2.45, 2.75) is 13.3 Å². The van der Waals surface area contributed by atoms with Crippen LogP contribution in [0.5, 0.6) is 5.75 Å². The van der Waals surface area contributed by atoms with Crippen LogP contribution < -0.4 is 10.2 Å². The topological polar surface area (TPSA) is 39.4 Å². The van der Waals surface area contributed by atoms with Gasteiger partial charge in [-0.2, -0.15) is 0 Å². The number of halogens is 1. The SMILES string of the molecule is Cc1ccc(-c2oc3ccccc3c(=O)c2OCCCCl)cc1. The van der Waals surface area contributed by atoms with Gasteiger partial charge in [-0.15, -0.1) is 11.6 Å². The highest BCUT2D eigenvalue weighted by Crippen LogP contribution is 2.31. The lowest BCUT2D eigenvalue weighted by atomic mass is 10.1. The summed E-state index contributed by atoms with van der Waals surface area (Å²) >= 11 is 5.70. The van der Waals surface area contributed by atoms with Gasteiger partial charge in [-0.05, 0) is 25.5 Å². The number of hydrogen-bond acceptors (Lipinski definition) is 3. The number of fused-ring (bicyclic) bond motifs is 1. The van der Waals surface area contributed by atoms with Crippen LogP contribution in [-0.2, 0) is 0 Å². The molecule has 0 amide bonds. The lowest BCUT2D eigenvalue weighted by Gasteiger charge is -2.11. The van der Waals surface area contributed by atoms with Crippen LogP contribution in [0.25, 0.3) is 22.3 Å². The first-order valence-corrected chi connectivity index (χ1v) is 8.06. The van der Waals surface area contributed by atoms with E-state index in [-0.39, 0.29) is 11.2 Å². The third-order valence-corrected chi connectivity index (χ3v) is 3.86. The maximum Gasteiger partial charge on any atom is 0.235 e. The van der Waals surface area contributed by atoms with Crippen LogP contribution in [0.2, 0.25) is 0 Å². The molecule has 0 unspecified atom stereocenters. The lowest BCUT2D eigenvalue weighted by Crippen LogP contribution is -2.11. The minimum Gasteiger partial charge on any atom is -0.486 e. The van der Waals surface area contributed by atoms with Gasteiger partial charge in [0.2, 0.25) is 11.2 Å². The minimum absolute atomic E-state index is 0.156. The molecule has 118 valence electrons. The Morgan fingerprint density at radius 1 is 1.09 bits per heavy atom. The van der Waals surface area contributed by atoms with E-state index in [1.165, 1.54) is 0 Å². The van der Waals surface area contributed by atoms with Crippen molar-refractivity contribution in [3.8, 4) is 17.1 Å². The van der Waals surface area contributed by atoms with Crippen LogP contribution in [0, 0.1) is 6.92 Å². The van der Waals surface area contributed by atoms with Crippen LogP contribution in [-0.4, -0.2) is 12.5 Å². The van der Waals surface area contributed by atoms with Crippen LogP contribution >= 0.6 is 11.6 Å². The molecule has 0 N–H and O–H groups in total. The molecule has 1 heterocycles. The van der Waals surface area contributed by atoms with Crippen molar-refractivity contribution >= 4 is 22.6 Å². The lowest BCUT2D eigenvalue weighted by molar-refractivity contribution is 0.310. The van der Waals surface area contributed by atoms with Crippen molar-refractivity contribution in [1.82, 2.24) is 0 Å². The van der Waals surface area contributed by atoms with Crippen molar-refractivity contribution in [3.63, 3.8) is 0 Å². The van der Waals surface area contributed by atoms with Gasteiger partial charge < -0.3 is 9.15 Å². The van der Waals surface area contributed by atoms with Crippen LogP contribution in [0.3, 0.4) is 0 Å². The second-order valence-electron chi connectivity index (χ2n) is 5.34. The molecule has 0 saturated heterocycles. The Morgan fingerprint density at radius 3 is 2.57 bits per heavy atom. The van der Waals surface area contributed by atoms with E-state index in [9.17, 15) is 4.79 Å². The molecule has 3 rings (SSSR count). The average Bonchev–Trinajstić information content (AvgIpc) is 2.58. The molecule has 0 aliphatic rings. The molecule has 1 aromatic heterocycles. The highest BCUT2D eigenvalue weighted by Gasteiger charge is 2.17. The summed E-state index contributed by atoms with van der Waals surface area (Å²) in [5.41, 5.74) is 2.36. The molecule has 4 heteroatoms. The predicted molar refractivity (Wildman–Crippen MR) is 93.5 cm³/mol. The van der Waals surface area contributed by atoms with Gasteiger partial charge >= 0.3 is 0 Å². The van der Waals surface area contributed by atoms with Crippen LogP contribution in [0.4, 0.5) is 0 Å². The number of alkyl halides is 1. The molecule has 2 aromatic carbocycles. The number of aryl methyl sites for hydroxylation is 1. The average molecular weight is 329 g/mol. The van der Waals surface area contributed by atoms with Gasteiger partial charge in [0, 0.05) is 11.4 Å². The maximum atomic E-state index is 12.8. The summed E-state index contributed by atoms with van der Waals surface area (Å²) in [7, 11) is 0. The van der Waals surface area contributed by atoms with Crippen molar-refractivity contribution in [2.24, 2.45) is 0 Å². The van der Waals surface area contributed by atoms with E-state index in [4.69, 9.17) is 20.8 Å². The number of para-hydroxylation sites is 1. The first-order valence-electron chi connectivity index (χ1n) is 7.52. The van der Waals surface area contributed by atoms with Gasteiger partial charge in [-0.3, -0.25) is 4.79 Å². The molecule has 0 bridgehead atoms. The third kappa shape index (κ3) is 3.25. The van der Waals surface area contributed by atoms with E-state index >= 15 is 0 Å². The van der Waals surface area contributed by atoms with E-state index in [0.29, 0.717) is 35.6 Å². The molecule has 0 atom stereocenters. The molecule has 3 nitrogen and oxygen atoms in total. The summed E-state index contributed by atoms with van der Waals surface area (Å²) in [4.78, 5) is 12.8. The van der Waals surface area contributed by atoms with Gasteiger partial charge in [0.1, 0.15) is 5.58 Å². The third-order valence-electron chi connectivity index (χ3n) is 3.59. The Bertz CT molecular complexity index is 866. The number of benzene rings is 2. The highest BCUT2D eigenvalue weighted by atomic mass is 35.5. The van der Waals surface area contributed by atoms with Crippen molar-refractivity contribution < 1.29 is 9.15 Å². The number of rotatable bonds is 5. The molecular formula is C19H17ClO3. The van der Waals surface area contributed by atoms with E-state index in [1.54, 1.807) is 12.1 Å². The number of ether oxygens (including phenoxy) is 1. The molecule has 0 saturated carbocycles. The normalized spacial score (nSPS) is 10.9. The Hall–Kier alpha value is -2.26. The summed E-state index contributed by atoms with van der Waals surface area (Å²) in [6.45, 7) is 2.39. The Balaban J connectivity index is 2.18. The number of hydrogen-bond donors (Lipinski definition) is 0. The van der Waals surface area contributed by atoms with Crippen LogP contribution in [0.1, 0.15) is 12.0 Å². The molecular weight excluding hydrogens is 312 g/mol. The van der Waals surface area contributed by atoms with E-state index in [1.807, 2.05) is 43.3 Å². The second-order valence-corrected chi connectivity index (χ2v) is 5.72. The minimum atomic E-state index is -0.156. The van der Waals surface area contributed by atoms with Gasteiger partial charge in [-0.25, -0.2) is 0 Å². The zero-order valence-electron chi connectivity index (χ0n) is 12.8. The van der Waals surface area contributed by atoms with Crippen LogP contribution in [0.15, 0.2) is 57.7 Å². The monoisotopic (exact) mass is 328 g/mol. The molecule has 3 aromatic rings. The smallest absolute Gasteiger partial charge is 0.235 e. The first-order chi connectivity index (χ1) is 11.2. The summed E-state index contributed by atoms with van der Waals surface area (Å²) in [5, 5.41) is 0.518. The molecule has 0 radical (unpaired) electrons. The molecule has 0 aliphatic carbocycles. The largest absolute Gasteiger partial charge is 0.486 e. The predicted octanol–water partition coefficient (Wildman–Crippen LogP) is 4.78. The Morgan fingerprint density at radius 2 is 1.83 bits per heavy atom. The quantitative estimate of drug-likeness (QED) is 0.500. The van der Waals surface area contributed by atoms with Gasteiger partial charge in [0.15, 0.2) is 5.76 Å². The Labute approximate surface area is 139 Å². The van der Waals surface area contributed by atoms with E-state index in [2.05, 4.69) is 0 Å². The maximum absolute atomic E-state index is 12.8. The van der Waals surface area contributed by atoms with Crippen molar-refractivity contribution in [2.75, 3.05) is 12.5 Å². The Kier molecular flexibility index (Phi) is 4.68. The highest BCUT2D eigenvalue weighted by molar-refractivity contribution is 6.17. The van der Waals surface area contributed by atoms with Gasteiger partial charge in [0.25, 0.3) is 0 Å². The zero-order chi connectivity index (χ0) is 16.2. The van der Waals surface area contributed by atoms with Gasteiger partial charge in [-0.1, -0.05) is 42.0 Å². The van der Waals surface area contributed by atoms with Crippen molar-refractivity contribution in [1.29, 1.82) is 0 Å². The summed E-state index contributed by atoms with van der Waals surface area (Å²) in [5.74, 6) is 1.19. The molecule has 0 spiro atoms. The van der Waals surface area contributed by atoms with E-state index < -0.39 is 0 Å². The zero-order valence-corrected chi connectivity index (χ0v) is 13.6. The standard InChI is InChI=1S/C19H17ClO3/c1-13-7-9-14(10-8-13)18-19(22-12-4-11-20)17(21)15-5-2-3-6-16(15)23-18/h2-3,5-10H,4,11-12H2,1H3. The second kappa shape index (κ2) is 6.88. The fraction of sp³-hybridized carbons (Fsp3) is 0.211.